The van der Waals surface area contributed by atoms with Crippen LogP contribution in [0.25, 0.3) is 0 Å². The summed E-state index contributed by atoms with van der Waals surface area (Å²) in [6, 6.07) is 10.6. The van der Waals surface area contributed by atoms with Crippen molar-refractivity contribution in [3.05, 3.63) is 57.3 Å². The van der Waals surface area contributed by atoms with Crippen molar-refractivity contribution in [2.24, 2.45) is 5.92 Å². The number of carbonyl (C=O) groups is 2. The summed E-state index contributed by atoms with van der Waals surface area (Å²) < 4.78 is 0. The first-order valence-corrected chi connectivity index (χ1v) is 11.4. The van der Waals surface area contributed by atoms with Crippen molar-refractivity contribution in [2.45, 2.75) is 59.5 Å². The van der Waals surface area contributed by atoms with Gasteiger partial charge in [-0.3, -0.25) is 9.59 Å². The van der Waals surface area contributed by atoms with Gasteiger partial charge in [0, 0.05) is 23.4 Å². The lowest BCUT2D eigenvalue weighted by Gasteiger charge is -2.39. The highest BCUT2D eigenvalue weighted by Gasteiger charge is 2.34. The Kier molecular flexibility index (Phi) is 6.78. The minimum atomic E-state index is -0.116. The third kappa shape index (κ3) is 4.55. The molecule has 0 radical (unpaired) electrons. The van der Waals surface area contributed by atoms with Crippen molar-refractivity contribution in [1.29, 1.82) is 0 Å². The van der Waals surface area contributed by atoms with Crippen LogP contribution in [0.3, 0.4) is 0 Å². The summed E-state index contributed by atoms with van der Waals surface area (Å²) in [7, 11) is 0. The molecule has 1 aliphatic heterocycles. The molecule has 156 valence electrons. The number of nitrogens with zero attached hydrogens (tertiary/aromatic N) is 2. The number of benzene rings is 1. The van der Waals surface area contributed by atoms with E-state index in [2.05, 4.69) is 49.6 Å². The molecular weight excluding hydrogens is 380 g/mol. The van der Waals surface area contributed by atoms with Gasteiger partial charge < -0.3 is 9.80 Å². The van der Waals surface area contributed by atoms with Crippen LogP contribution in [0.5, 0.6) is 0 Å². The zero-order valence-electron chi connectivity index (χ0n) is 18.1. The van der Waals surface area contributed by atoms with Gasteiger partial charge in [0.1, 0.15) is 6.54 Å². The molecular formula is C24H32N2O2S. The standard InChI is InChI=1S/C24H32N2O2S/c1-6-18(5)26(24(28)16(2)3)15-22(27)25-13-11-21-20(12-14-29-21)23(25)19-9-7-17(4)8-10-19/h7-10,12,14,16,18,23H,6,11,13,15H2,1-5H3/t18-,23+/m0/s1. The van der Waals surface area contributed by atoms with Crippen molar-refractivity contribution in [3.63, 3.8) is 0 Å². The molecule has 1 aromatic carbocycles. The first-order valence-electron chi connectivity index (χ1n) is 10.6. The summed E-state index contributed by atoms with van der Waals surface area (Å²) in [5.74, 6) is -0.0379. The van der Waals surface area contributed by atoms with Gasteiger partial charge in [-0.05, 0) is 49.3 Å². The zero-order valence-corrected chi connectivity index (χ0v) is 19.0. The molecule has 0 N–H and O–H groups in total. The Labute approximate surface area is 178 Å². The first-order chi connectivity index (χ1) is 13.8. The van der Waals surface area contributed by atoms with Crippen molar-refractivity contribution in [2.75, 3.05) is 13.1 Å². The van der Waals surface area contributed by atoms with Crippen LogP contribution in [0.15, 0.2) is 35.7 Å². The Morgan fingerprint density at radius 2 is 1.86 bits per heavy atom. The number of amides is 2. The Morgan fingerprint density at radius 3 is 2.48 bits per heavy atom. The summed E-state index contributed by atoms with van der Waals surface area (Å²) in [4.78, 5) is 31.3. The van der Waals surface area contributed by atoms with Crippen molar-refractivity contribution in [1.82, 2.24) is 9.80 Å². The molecule has 29 heavy (non-hydrogen) atoms. The normalized spacial score (nSPS) is 17.2. The Morgan fingerprint density at radius 1 is 1.17 bits per heavy atom. The molecule has 2 atom stereocenters. The number of carbonyl (C=O) groups excluding carboxylic acids is 2. The van der Waals surface area contributed by atoms with Crippen LogP contribution in [-0.2, 0) is 16.0 Å². The molecule has 2 aromatic rings. The van der Waals surface area contributed by atoms with Crippen molar-refractivity contribution in [3.8, 4) is 0 Å². The maximum absolute atomic E-state index is 13.5. The van der Waals surface area contributed by atoms with E-state index in [1.54, 1.807) is 16.2 Å². The van der Waals surface area contributed by atoms with Gasteiger partial charge in [0.15, 0.2) is 0 Å². The molecule has 3 rings (SSSR count). The molecule has 0 unspecified atom stereocenters. The average Bonchev–Trinajstić information content (AvgIpc) is 3.19. The Balaban J connectivity index is 1.91. The highest BCUT2D eigenvalue weighted by atomic mass is 32.1. The topological polar surface area (TPSA) is 40.6 Å². The fourth-order valence-electron chi connectivity index (χ4n) is 3.93. The van der Waals surface area contributed by atoms with E-state index in [9.17, 15) is 9.59 Å². The van der Waals surface area contributed by atoms with Crippen LogP contribution >= 0.6 is 11.3 Å². The summed E-state index contributed by atoms with van der Waals surface area (Å²) in [5, 5.41) is 2.12. The molecule has 0 fully saturated rings. The maximum atomic E-state index is 13.5. The molecule has 0 bridgehead atoms. The van der Waals surface area contributed by atoms with Crippen LogP contribution in [0, 0.1) is 12.8 Å². The van der Waals surface area contributed by atoms with E-state index in [4.69, 9.17) is 0 Å². The lowest BCUT2D eigenvalue weighted by atomic mass is 9.92. The van der Waals surface area contributed by atoms with E-state index in [0.29, 0.717) is 6.54 Å². The van der Waals surface area contributed by atoms with Gasteiger partial charge in [-0.1, -0.05) is 50.6 Å². The van der Waals surface area contributed by atoms with E-state index < -0.39 is 0 Å². The molecule has 0 saturated carbocycles. The number of fused-ring (bicyclic) bond motifs is 1. The largest absolute Gasteiger partial charge is 0.330 e. The van der Waals surface area contributed by atoms with Crippen LogP contribution in [0.4, 0.5) is 0 Å². The van der Waals surface area contributed by atoms with Gasteiger partial charge in [-0.2, -0.15) is 0 Å². The van der Waals surface area contributed by atoms with E-state index in [1.165, 1.54) is 16.0 Å². The van der Waals surface area contributed by atoms with Gasteiger partial charge in [-0.25, -0.2) is 0 Å². The molecule has 0 spiro atoms. The second kappa shape index (κ2) is 9.12. The minimum Gasteiger partial charge on any atom is -0.330 e. The van der Waals surface area contributed by atoms with Crippen molar-refractivity contribution >= 4 is 23.2 Å². The van der Waals surface area contributed by atoms with Gasteiger partial charge in [0.2, 0.25) is 11.8 Å². The van der Waals surface area contributed by atoms with Crippen LogP contribution in [0.1, 0.15) is 61.7 Å². The third-order valence-electron chi connectivity index (χ3n) is 5.88. The molecule has 2 heterocycles. The molecule has 1 aliphatic rings. The second-order valence-corrected chi connectivity index (χ2v) is 9.33. The third-order valence-corrected chi connectivity index (χ3v) is 6.88. The van der Waals surface area contributed by atoms with E-state index in [0.717, 1.165) is 18.4 Å². The monoisotopic (exact) mass is 412 g/mol. The molecule has 4 nitrogen and oxygen atoms in total. The quantitative estimate of drug-likeness (QED) is 0.683. The second-order valence-electron chi connectivity index (χ2n) is 8.33. The average molecular weight is 413 g/mol. The number of hydrogen-bond donors (Lipinski definition) is 0. The van der Waals surface area contributed by atoms with E-state index in [-0.39, 0.29) is 36.4 Å². The SMILES string of the molecule is CC[C@H](C)N(CC(=O)N1CCc2sccc2[C@H]1c1ccc(C)cc1)C(=O)C(C)C. The summed E-state index contributed by atoms with van der Waals surface area (Å²) in [5.41, 5.74) is 3.57. The highest BCUT2D eigenvalue weighted by Crippen LogP contribution is 2.38. The predicted molar refractivity (Wildman–Crippen MR) is 119 cm³/mol. The van der Waals surface area contributed by atoms with Gasteiger partial charge in [-0.15, -0.1) is 11.3 Å². The maximum Gasteiger partial charge on any atom is 0.243 e. The Bertz CT molecular complexity index is 856. The van der Waals surface area contributed by atoms with Crippen LogP contribution in [-0.4, -0.2) is 40.7 Å². The molecule has 0 aliphatic carbocycles. The van der Waals surface area contributed by atoms with E-state index in [1.807, 2.05) is 25.7 Å². The molecule has 2 amide bonds. The lowest BCUT2D eigenvalue weighted by molar-refractivity contribution is -0.145. The first kappa shape index (κ1) is 21.6. The smallest absolute Gasteiger partial charge is 0.243 e. The Hall–Kier alpha value is -2.14. The number of hydrogen-bond acceptors (Lipinski definition) is 3. The summed E-state index contributed by atoms with van der Waals surface area (Å²) in [6.07, 6.45) is 1.71. The van der Waals surface area contributed by atoms with Gasteiger partial charge >= 0.3 is 0 Å². The molecule has 0 saturated heterocycles. The summed E-state index contributed by atoms with van der Waals surface area (Å²) in [6.45, 7) is 10.8. The fourth-order valence-corrected chi connectivity index (χ4v) is 4.84. The van der Waals surface area contributed by atoms with Gasteiger partial charge in [0.25, 0.3) is 0 Å². The number of thiophene rings is 1. The molecule has 1 aromatic heterocycles. The van der Waals surface area contributed by atoms with Crippen molar-refractivity contribution < 1.29 is 9.59 Å². The van der Waals surface area contributed by atoms with E-state index >= 15 is 0 Å². The van der Waals surface area contributed by atoms with Crippen LogP contribution < -0.4 is 0 Å². The van der Waals surface area contributed by atoms with Crippen LogP contribution in [0.2, 0.25) is 0 Å². The highest BCUT2D eigenvalue weighted by molar-refractivity contribution is 7.10. The fraction of sp³-hybridized carbons (Fsp3) is 0.500. The minimum absolute atomic E-state index is 0.0294. The zero-order chi connectivity index (χ0) is 21.1. The number of aryl methyl sites for hydroxylation is 1. The summed E-state index contributed by atoms with van der Waals surface area (Å²) >= 11 is 1.77. The number of rotatable bonds is 6. The lowest BCUT2D eigenvalue weighted by Crippen LogP contribution is -2.50. The molecule has 5 heteroatoms. The van der Waals surface area contributed by atoms with Gasteiger partial charge in [0.05, 0.1) is 6.04 Å². The predicted octanol–water partition coefficient (Wildman–Crippen LogP) is 4.81.